The van der Waals surface area contributed by atoms with Crippen LogP contribution in [0.1, 0.15) is 10.4 Å². The van der Waals surface area contributed by atoms with Gasteiger partial charge in [0.15, 0.2) is 0 Å². The summed E-state index contributed by atoms with van der Waals surface area (Å²) in [5.74, 6) is -0.201. The molecule has 0 unspecified atom stereocenters. The van der Waals surface area contributed by atoms with Gasteiger partial charge in [-0.3, -0.25) is 9.59 Å². The molecule has 1 aromatic carbocycles. The quantitative estimate of drug-likeness (QED) is 0.888. The highest BCUT2D eigenvalue weighted by atomic mass is 16.6. The molecule has 6 nitrogen and oxygen atoms in total. The number of ether oxygens (including phenoxy) is 2. The predicted octanol–water partition coefficient (Wildman–Crippen LogP) is 1.19. The Balaban J connectivity index is 1.70. The Hall–Kier alpha value is -2.44. The van der Waals surface area contributed by atoms with Crippen molar-refractivity contribution in [1.82, 2.24) is 10.3 Å². The maximum absolute atomic E-state index is 12.3. The minimum atomic E-state index is -0.201. The number of amides is 1. The lowest BCUT2D eigenvalue weighted by molar-refractivity contribution is -0.0855. The van der Waals surface area contributed by atoms with Gasteiger partial charge in [-0.05, 0) is 29.8 Å². The van der Waals surface area contributed by atoms with Crippen molar-refractivity contribution in [2.45, 2.75) is 6.10 Å². The van der Waals surface area contributed by atoms with E-state index in [1.165, 1.54) is 0 Å². The van der Waals surface area contributed by atoms with Crippen LogP contribution in [-0.2, 0) is 9.47 Å². The minimum absolute atomic E-state index is 0.118. The van der Waals surface area contributed by atoms with Crippen LogP contribution >= 0.6 is 0 Å². The fourth-order valence-corrected chi connectivity index (χ4v) is 2.44. The number of aromatic amines is 1. The number of carbonyl (C=O) groups excluding carboxylic acids is 1. The van der Waals surface area contributed by atoms with E-state index in [0.717, 1.165) is 0 Å². The Kier molecular flexibility index (Phi) is 4.85. The van der Waals surface area contributed by atoms with Gasteiger partial charge in [0, 0.05) is 23.9 Å². The summed E-state index contributed by atoms with van der Waals surface area (Å²) in [6.45, 7) is 2.03. The highest BCUT2D eigenvalue weighted by Gasteiger charge is 2.16. The molecule has 1 atom stereocenters. The maximum atomic E-state index is 12.3. The lowest BCUT2D eigenvalue weighted by Crippen LogP contribution is -2.39. The van der Waals surface area contributed by atoms with E-state index in [1.807, 2.05) is 0 Å². The Labute approximate surface area is 133 Å². The SMILES string of the molecule is O=C(NC[C@@H]1COCCO1)c1cccc(-c2ccc[nH]c2=O)c1. The molecular weight excluding hydrogens is 296 g/mol. The Morgan fingerprint density at radius 2 is 2.17 bits per heavy atom. The van der Waals surface area contributed by atoms with Gasteiger partial charge in [-0.15, -0.1) is 0 Å². The molecule has 1 aromatic heterocycles. The molecule has 2 N–H and O–H groups in total. The van der Waals surface area contributed by atoms with E-state index in [-0.39, 0.29) is 17.6 Å². The van der Waals surface area contributed by atoms with Gasteiger partial charge in [-0.1, -0.05) is 12.1 Å². The van der Waals surface area contributed by atoms with E-state index < -0.39 is 0 Å². The molecule has 1 fully saturated rings. The zero-order valence-electron chi connectivity index (χ0n) is 12.6. The van der Waals surface area contributed by atoms with Crippen LogP contribution in [0.15, 0.2) is 47.4 Å². The van der Waals surface area contributed by atoms with Gasteiger partial charge >= 0.3 is 0 Å². The number of H-pyrrole nitrogens is 1. The highest BCUT2D eigenvalue weighted by molar-refractivity contribution is 5.95. The van der Waals surface area contributed by atoms with Crippen LogP contribution in [0.25, 0.3) is 11.1 Å². The molecule has 1 amide bonds. The fraction of sp³-hybridized carbons (Fsp3) is 0.294. The summed E-state index contributed by atoms with van der Waals surface area (Å²) in [5, 5.41) is 2.83. The number of aromatic nitrogens is 1. The van der Waals surface area contributed by atoms with Crippen LogP contribution in [0.3, 0.4) is 0 Å². The molecule has 1 saturated heterocycles. The molecule has 1 aliphatic heterocycles. The van der Waals surface area contributed by atoms with E-state index in [9.17, 15) is 9.59 Å². The minimum Gasteiger partial charge on any atom is -0.376 e. The van der Waals surface area contributed by atoms with Gasteiger partial charge < -0.3 is 19.8 Å². The number of carbonyl (C=O) groups is 1. The zero-order chi connectivity index (χ0) is 16.1. The number of pyridine rings is 1. The highest BCUT2D eigenvalue weighted by Crippen LogP contribution is 2.16. The predicted molar refractivity (Wildman–Crippen MR) is 85.4 cm³/mol. The molecule has 1 aliphatic rings. The first-order valence-corrected chi connectivity index (χ1v) is 7.50. The lowest BCUT2D eigenvalue weighted by Gasteiger charge is -2.23. The average Bonchev–Trinajstić information content (AvgIpc) is 2.61. The van der Waals surface area contributed by atoms with Crippen molar-refractivity contribution >= 4 is 5.91 Å². The molecule has 0 saturated carbocycles. The molecule has 23 heavy (non-hydrogen) atoms. The second-order valence-corrected chi connectivity index (χ2v) is 5.27. The Morgan fingerprint density at radius 3 is 2.96 bits per heavy atom. The van der Waals surface area contributed by atoms with Crippen molar-refractivity contribution in [3.8, 4) is 11.1 Å². The molecule has 0 radical (unpaired) electrons. The summed E-state index contributed by atoms with van der Waals surface area (Å²) in [6.07, 6.45) is 1.46. The van der Waals surface area contributed by atoms with Crippen molar-refractivity contribution in [2.24, 2.45) is 0 Å². The average molecular weight is 314 g/mol. The molecule has 120 valence electrons. The number of rotatable bonds is 4. The van der Waals surface area contributed by atoms with Crippen LogP contribution in [0.5, 0.6) is 0 Å². The second kappa shape index (κ2) is 7.21. The van der Waals surface area contributed by atoms with Crippen LogP contribution in [-0.4, -0.2) is 43.4 Å². The topological polar surface area (TPSA) is 80.4 Å². The van der Waals surface area contributed by atoms with Gasteiger partial charge in [-0.2, -0.15) is 0 Å². The van der Waals surface area contributed by atoms with Crippen LogP contribution in [0.4, 0.5) is 0 Å². The van der Waals surface area contributed by atoms with Gasteiger partial charge in [0.2, 0.25) is 0 Å². The first-order valence-electron chi connectivity index (χ1n) is 7.50. The molecule has 0 spiro atoms. The van der Waals surface area contributed by atoms with Crippen molar-refractivity contribution in [1.29, 1.82) is 0 Å². The third-order valence-corrected chi connectivity index (χ3v) is 3.63. The summed E-state index contributed by atoms with van der Waals surface area (Å²) in [6, 6.07) is 10.5. The molecule has 0 bridgehead atoms. The smallest absolute Gasteiger partial charge is 0.255 e. The van der Waals surface area contributed by atoms with E-state index in [2.05, 4.69) is 10.3 Å². The summed E-state index contributed by atoms with van der Waals surface area (Å²) in [5.41, 5.74) is 1.56. The van der Waals surface area contributed by atoms with Gasteiger partial charge in [0.05, 0.1) is 25.9 Å². The third kappa shape index (κ3) is 3.85. The Bertz CT molecular complexity index is 735. The van der Waals surface area contributed by atoms with Crippen LogP contribution in [0, 0.1) is 0 Å². The largest absolute Gasteiger partial charge is 0.376 e. The normalized spacial score (nSPS) is 17.7. The van der Waals surface area contributed by atoms with E-state index in [4.69, 9.17) is 9.47 Å². The molecule has 2 aromatic rings. The number of benzene rings is 1. The summed E-state index contributed by atoms with van der Waals surface area (Å²) < 4.78 is 10.8. The molecule has 2 heterocycles. The Morgan fingerprint density at radius 1 is 1.26 bits per heavy atom. The second-order valence-electron chi connectivity index (χ2n) is 5.27. The fourth-order valence-electron chi connectivity index (χ4n) is 2.44. The first-order chi connectivity index (χ1) is 11.2. The van der Waals surface area contributed by atoms with Gasteiger partial charge in [0.25, 0.3) is 11.5 Å². The van der Waals surface area contributed by atoms with Crippen LogP contribution < -0.4 is 10.9 Å². The molecule has 0 aliphatic carbocycles. The monoisotopic (exact) mass is 314 g/mol. The summed E-state index contributed by atoms with van der Waals surface area (Å²) in [7, 11) is 0. The van der Waals surface area contributed by atoms with E-state index in [0.29, 0.717) is 43.1 Å². The van der Waals surface area contributed by atoms with Crippen molar-refractivity contribution in [3.63, 3.8) is 0 Å². The summed E-state index contributed by atoms with van der Waals surface area (Å²) >= 11 is 0. The van der Waals surface area contributed by atoms with Crippen molar-refractivity contribution in [2.75, 3.05) is 26.4 Å². The number of hydrogen-bond acceptors (Lipinski definition) is 4. The number of nitrogens with one attached hydrogen (secondary N) is 2. The zero-order valence-corrected chi connectivity index (χ0v) is 12.6. The third-order valence-electron chi connectivity index (χ3n) is 3.63. The first kappa shape index (κ1) is 15.5. The molecular formula is C17H18N2O4. The standard InChI is InChI=1S/C17H18N2O4/c20-16(19-10-14-11-22-7-8-23-14)13-4-1-3-12(9-13)15-5-2-6-18-17(15)21/h1-6,9,14H,7-8,10-11H2,(H,18,21)(H,19,20)/t14-/m1/s1. The lowest BCUT2D eigenvalue weighted by atomic mass is 10.0. The van der Waals surface area contributed by atoms with E-state index in [1.54, 1.807) is 42.6 Å². The maximum Gasteiger partial charge on any atom is 0.255 e. The van der Waals surface area contributed by atoms with Crippen LogP contribution in [0.2, 0.25) is 0 Å². The molecule has 6 heteroatoms. The van der Waals surface area contributed by atoms with E-state index >= 15 is 0 Å². The number of hydrogen-bond donors (Lipinski definition) is 2. The van der Waals surface area contributed by atoms with Gasteiger partial charge in [0.1, 0.15) is 0 Å². The van der Waals surface area contributed by atoms with Gasteiger partial charge in [-0.25, -0.2) is 0 Å². The van der Waals surface area contributed by atoms with Crippen molar-refractivity contribution in [3.05, 3.63) is 58.5 Å². The molecule has 3 rings (SSSR count). The van der Waals surface area contributed by atoms with Crippen molar-refractivity contribution < 1.29 is 14.3 Å². The summed E-state index contributed by atoms with van der Waals surface area (Å²) in [4.78, 5) is 26.7.